The largest absolute Gasteiger partial charge is 0.484 e. The van der Waals surface area contributed by atoms with E-state index in [0.29, 0.717) is 21.4 Å². The molecule has 0 fully saturated rings. The highest BCUT2D eigenvalue weighted by Gasteiger charge is 2.14. The first-order valence-corrected chi connectivity index (χ1v) is 7.23. The van der Waals surface area contributed by atoms with Crippen LogP contribution in [-0.4, -0.2) is 12.4 Å². The molecule has 100 valence electrons. The van der Waals surface area contributed by atoms with Gasteiger partial charge >= 0.3 is 0 Å². The molecule has 0 radical (unpaired) electrons. The summed E-state index contributed by atoms with van der Waals surface area (Å²) in [6, 6.07) is 6.97. The van der Waals surface area contributed by atoms with Gasteiger partial charge in [-0.05, 0) is 32.0 Å². The van der Waals surface area contributed by atoms with Crippen molar-refractivity contribution in [1.29, 1.82) is 0 Å². The molecule has 0 aliphatic rings. The molecule has 2 aromatic rings. The zero-order valence-corrected chi connectivity index (χ0v) is 12.8. The fraction of sp³-hybridized carbons (Fsp3) is 0.214. The Morgan fingerprint density at radius 3 is 2.68 bits per heavy atom. The van der Waals surface area contributed by atoms with Gasteiger partial charge < -0.3 is 4.74 Å². The predicted molar refractivity (Wildman–Crippen MR) is 80.1 cm³/mol. The minimum absolute atomic E-state index is 0.0446. The standard InChI is InChI=1S/C14H12Cl2O2S/c1-8-6-10(9(2)19-8)12(17)7-18-13-5-3-4-11(15)14(13)16/h3-6H,7H2,1-2H3. The van der Waals surface area contributed by atoms with Crippen LogP contribution in [0.5, 0.6) is 5.75 Å². The van der Waals surface area contributed by atoms with E-state index in [9.17, 15) is 4.79 Å². The Bertz CT molecular complexity index is 620. The van der Waals surface area contributed by atoms with Crippen LogP contribution < -0.4 is 4.74 Å². The average molecular weight is 315 g/mol. The van der Waals surface area contributed by atoms with Gasteiger partial charge in [0.1, 0.15) is 10.8 Å². The van der Waals surface area contributed by atoms with Crippen LogP contribution in [0.25, 0.3) is 0 Å². The normalized spacial score (nSPS) is 10.5. The van der Waals surface area contributed by atoms with E-state index in [1.165, 1.54) is 0 Å². The van der Waals surface area contributed by atoms with Gasteiger partial charge in [0.25, 0.3) is 0 Å². The van der Waals surface area contributed by atoms with Crippen molar-refractivity contribution < 1.29 is 9.53 Å². The van der Waals surface area contributed by atoms with E-state index in [1.54, 1.807) is 29.5 Å². The van der Waals surface area contributed by atoms with Gasteiger partial charge in [-0.3, -0.25) is 4.79 Å². The molecule has 0 N–H and O–H groups in total. The van der Waals surface area contributed by atoms with Gasteiger partial charge in [0, 0.05) is 15.3 Å². The third-order valence-corrected chi connectivity index (χ3v) is 4.38. The van der Waals surface area contributed by atoms with Gasteiger partial charge in [0.2, 0.25) is 5.78 Å². The summed E-state index contributed by atoms with van der Waals surface area (Å²) in [5, 5.41) is 0.740. The number of aryl methyl sites for hydroxylation is 2. The maximum absolute atomic E-state index is 12.1. The zero-order valence-electron chi connectivity index (χ0n) is 10.5. The Morgan fingerprint density at radius 2 is 2.05 bits per heavy atom. The van der Waals surface area contributed by atoms with E-state index >= 15 is 0 Å². The number of carbonyl (C=O) groups excluding carboxylic acids is 1. The van der Waals surface area contributed by atoms with Crippen LogP contribution >= 0.6 is 34.5 Å². The third-order valence-electron chi connectivity index (χ3n) is 2.62. The van der Waals surface area contributed by atoms with Crippen molar-refractivity contribution in [3.8, 4) is 5.75 Å². The maximum atomic E-state index is 12.1. The van der Waals surface area contributed by atoms with Crippen molar-refractivity contribution in [3.63, 3.8) is 0 Å². The molecule has 2 nitrogen and oxygen atoms in total. The van der Waals surface area contributed by atoms with E-state index in [2.05, 4.69) is 0 Å². The van der Waals surface area contributed by atoms with Crippen molar-refractivity contribution >= 4 is 40.3 Å². The number of halogens is 2. The molecule has 1 aromatic carbocycles. The number of ketones is 1. The second-order valence-corrected chi connectivity index (χ2v) is 6.34. The van der Waals surface area contributed by atoms with Crippen molar-refractivity contribution in [1.82, 2.24) is 0 Å². The minimum Gasteiger partial charge on any atom is -0.484 e. The number of hydrogen-bond donors (Lipinski definition) is 0. The molecule has 0 saturated carbocycles. The van der Waals surface area contributed by atoms with Crippen molar-refractivity contribution in [2.75, 3.05) is 6.61 Å². The van der Waals surface area contributed by atoms with Crippen molar-refractivity contribution in [2.45, 2.75) is 13.8 Å². The number of rotatable bonds is 4. The van der Waals surface area contributed by atoms with Crippen LogP contribution in [0, 0.1) is 13.8 Å². The number of Topliss-reactive ketones (excluding diaryl/α,β-unsaturated/α-hetero) is 1. The fourth-order valence-corrected chi connectivity index (χ4v) is 3.01. The molecule has 0 spiro atoms. The number of thiophene rings is 1. The number of benzene rings is 1. The quantitative estimate of drug-likeness (QED) is 0.748. The summed E-state index contributed by atoms with van der Waals surface area (Å²) in [4.78, 5) is 14.2. The molecule has 0 atom stereocenters. The van der Waals surface area contributed by atoms with E-state index in [1.807, 2.05) is 19.9 Å². The highest BCUT2D eigenvalue weighted by atomic mass is 35.5. The third kappa shape index (κ3) is 3.30. The SMILES string of the molecule is Cc1cc(C(=O)COc2cccc(Cl)c2Cl)c(C)s1. The second-order valence-electron chi connectivity index (χ2n) is 4.09. The molecule has 0 aliphatic heterocycles. The molecule has 1 aromatic heterocycles. The fourth-order valence-electron chi connectivity index (χ4n) is 1.72. The van der Waals surface area contributed by atoms with Gasteiger partial charge in [0.15, 0.2) is 6.61 Å². The average Bonchev–Trinajstić information content (AvgIpc) is 2.70. The molecule has 0 amide bonds. The first kappa shape index (κ1) is 14.4. The maximum Gasteiger partial charge on any atom is 0.201 e. The summed E-state index contributed by atoms with van der Waals surface area (Å²) in [5.41, 5.74) is 0.709. The van der Waals surface area contributed by atoms with Gasteiger partial charge in [-0.2, -0.15) is 0 Å². The Hall–Kier alpha value is -1.03. The summed E-state index contributed by atoms with van der Waals surface area (Å²) in [6.45, 7) is 3.86. The van der Waals surface area contributed by atoms with Crippen LogP contribution in [0.1, 0.15) is 20.1 Å². The molecule has 5 heteroatoms. The van der Waals surface area contributed by atoms with E-state index < -0.39 is 0 Å². The van der Waals surface area contributed by atoms with E-state index in [-0.39, 0.29) is 12.4 Å². The summed E-state index contributed by atoms with van der Waals surface area (Å²) in [6.07, 6.45) is 0. The molecule has 2 rings (SSSR count). The van der Waals surface area contributed by atoms with Gasteiger partial charge in [-0.15, -0.1) is 11.3 Å². The Labute approximate surface area is 125 Å². The van der Waals surface area contributed by atoms with Crippen LogP contribution in [-0.2, 0) is 0 Å². The molecule has 0 unspecified atom stereocenters. The predicted octanol–water partition coefficient (Wildman–Crippen LogP) is 4.93. The lowest BCUT2D eigenvalue weighted by Gasteiger charge is -2.08. The van der Waals surface area contributed by atoms with Crippen LogP contribution in [0.3, 0.4) is 0 Å². The Kier molecular flexibility index (Phi) is 4.50. The van der Waals surface area contributed by atoms with Crippen LogP contribution in [0.15, 0.2) is 24.3 Å². The summed E-state index contributed by atoms with van der Waals surface area (Å²) in [7, 11) is 0. The van der Waals surface area contributed by atoms with E-state index in [4.69, 9.17) is 27.9 Å². The van der Waals surface area contributed by atoms with Crippen LogP contribution in [0.4, 0.5) is 0 Å². The highest BCUT2D eigenvalue weighted by Crippen LogP contribution is 2.31. The first-order valence-electron chi connectivity index (χ1n) is 5.66. The number of hydrogen-bond acceptors (Lipinski definition) is 3. The minimum atomic E-state index is -0.0575. The molecule has 0 aliphatic carbocycles. The number of ether oxygens (including phenoxy) is 1. The topological polar surface area (TPSA) is 26.3 Å². The molecule has 0 bridgehead atoms. The highest BCUT2D eigenvalue weighted by molar-refractivity contribution is 7.12. The lowest BCUT2D eigenvalue weighted by molar-refractivity contribution is 0.0921. The summed E-state index contributed by atoms with van der Waals surface area (Å²) in [5.74, 6) is 0.366. The van der Waals surface area contributed by atoms with Crippen LogP contribution in [0.2, 0.25) is 10.0 Å². The van der Waals surface area contributed by atoms with Crippen molar-refractivity contribution in [3.05, 3.63) is 49.6 Å². The van der Waals surface area contributed by atoms with E-state index in [0.717, 1.165) is 9.75 Å². The smallest absolute Gasteiger partial charge is 0.201 e. The summed E-state index contributed by atoms with van der Waals surface area (Å²) >= 11 is 13.5. The lowest BCUT2D eigenvalue weighted by atomic mass is 10.2. The monoisotopic (exact) mass is 314 g/mol. The first-order chi connectivity index (χ1) is 8.99. The zero-order chi connectivity index (χ0) is 14.0. The second kappa shape index (κ2) is 5.95. The molecule has 1 heterocycles. The Morgan fingerprint density at radius 1 is 1.32 bits per heavy atom. The molecular formula is C14H12Cl2O2S. The van der Waals surface area contributed by atoms with Gasteiger partial charge in [-0.1, -0.05) is 29.3 Å². The van der Waals surface area contributed by atoms with Crippen molar-refractivity contribution in [2.24, 2.45) is 0 Å². The summed E-state index contributed by atoms with van der Waals surface area (Å²) < 4.78 is 5.44. The molecule has 0 saturated heterocycles. The Balaban J connectivity index is 2.09. The van der Waals surface area contributed by atoms with Gasteiger partial charge in [0.05, 0.1) is 5.02 Å². The lowest BCUT2D eigenvalue weighted by Crippen LogP contribution is -2.11. The van der Waals surface area contributed by atoms with Gasteiger partial charge in [-0.25, -0.2) is 0 Å². The number of carbonyl (C=O) groups is 1. The molecular weight excluding hydrogens is 303 g/mol. The molecule has 19 heavy (non-hydrogen) atoms.